The van der Waals surface area contributed by atoms with Crippen LogP contribution in [0.2, 0.25) is 0 Å². The normalized spacial score (nSPS) is 22.5. The summed E-state index contributed by atoms with van der Waals surface area (Å²) >= 11 is 1.40. The molecule has 0 bridgehead atoms. The highest BCUT2D eigenvalue weighted by atomic mass is 32.1. The Kier molecular flexibility index (Phi) is 5.37. The molecule has 0 radical (unpaired) electrons. The maximum absolute atomic E-state index is 12.2. The van der Waals surface area contributed by atoms with E-state index in [2.05, 4.69) is 30.5 Å². The van der Waals surface area contributed by atoms with Crippen molar-refractivity contribution in [1.29, 1.82) is 0 Å². The molecule has 1 saturated heterocycles. The fourth-order valence-electron chi connectivity index (χ4n) is 5.36. The number of anilines is 1. The van der Waals surface area contributed by atoms with E-state index in [0.717, 1.165) is 40.1 Å². The number of rotatable bonds is 5. The van der Waals surface area contributed by atoms with E-state index in [-0.39, 0.29) is 17.7 Å². The van der Waals surface area contributed by atoms with Gasteiger partial charge in [-0.25, -0.2) is 4.98 Å². The summed E-state index contributed by atoms with van der Waals surface area (Å²) < 4.78 is 0. The first-order chi connectivity index (χ1) is 17.0. The standard InChI is InChI=1S/C24H25N7O3S/c1-12(32)24(34)31-10-13-6-15(7-14(13)11-31)28-20-17-3-5-26-21(17)27-9-18(20)22-29-30-23(35-22)19-8-16(33)2-4-25-19/h2-5,8-9,12-15,32H,6-7,10-11H2,1H3,(H,25,33)(H2,26,27,28)/t12-,13-,14+,15?/m0/s1. The second kappa shape index (κ2) is 8.58. The zero-order valence-electron chi connectivity index (χ0n) is 19.0. The minimum absolute atomic E-state index is 0.130. The number of aromatic hydroxyl groups is 1. The Bertz CT molecular complexity index is 1390. The Morgan fingerprint density at radius 2 is 1.97 bits per heavy atom. The fraction of sp³-hybridized carbons (Fsp3) is 0.375. The summed E-state index contributed by atoms with van der Waals surface area (Å²) in [5.74, 6) is 0.798. The quantitative estimate of drug-likeness (QED) is 0.334. The van der Waals surface area contributed by atoms with Gasteiger partial charge in [-0.05, 0) is 43.7 Å². The average Bonchev–Trinajstić information content (AvgIpc) is 3.61. The third kappa shape index (κ3) is 4.00. The summed E-state index contributed by atoms with van der Waals surface area (Å²) in [4.78, 5) is 26.1. The molecule has 5 heterocycles. The molecule has 1 unspecified atom stereocenters. The molecule has 6 rings (SSSR count). The monoisotopic (exact) mass is 491 g/mol. The van der Waals surface area contributed by atoms with Gasteiger partial charge in [0.2, 0.25) is 0 Å². The van der Waals surface area contributed by atoms with Crippen molar-refractivity contribution >= 4 is 34.0 Å². The Morgan fingerprint density at radius 3 is 2.71 bits per heavy atom. The molecule has 2 aliphatic rings. The molecule has 0 aromatic carbocycles. The zero-order valence-corrected chi connectivity index (χ0v) is 19.9. The molecule has 4 atom stereocenters. The Morgan fingerprint density at radius 1 is 1.20 bits per heavy atom. The highest BCUT2D eigenvalue weighted by molar-refractivity contribution is 7.18. The number of pyridine rings is 2. The summed E-state index contributed by atoms with van der Waals surface area (Å²) in [5.41, 5.74) is 3.19. The van der Waals surface area contributed by atoms with Crippen LogP contribution in [0.1, 0.15) is 19.8 Å². The number of aliphatic hydroxyl groups excluding tert-OH is 1. The van der Waals surface area contributed by atoms with Crippen LogP contribution >= 0.6 is 11.3 Å². The van der Waals surface area contributed by atoms with Crippen molar-refractivity contribution in [3.8, 4) is 27.0 Å². The van der Waals surface area contributed by atoms with Gasteiger partial charge in [-0.15, -0.1) is 10.2 Å². The van der Waals surface area contributed by atoms with Gasteiger partial charge in [0.25, 0.3) is 5.91 Å². The van der Waals surface area contributed by atoms with E-state index in [4.69, 9.17) is 0 Å². The Labute approximate surface area is 205 Å². The number of hydrogen-bond acceptors (Lipinski definition) is 9. The highest BCUT2D eigenvalue weighted by Gasteiger charge is 2.43. The summed E-state index contributed by atoms with van der Waals surface area (Å²) in [6.07, 6.45) is 6.18. The smallest absolute Gasteiger partial charge is 0.251 e. The van der Waals surface area contributed by atoms with E-state index in [1.165, 1.54) is 24.3 Å². The lowest BCUT2D eigenvalue weighted by Crippen LogP contribution is -2.37. The largest absolute Gasteiger partial charge is 0.508 e. The van der Waals surface area contributed by atoms with Gasteiger partial charge in [-0.1, -0.05) is 11.3 Å². The molecule has 4 aromatic heterocycles. The predicted octanol–water partition coefficient (Wildman–Crippen LogP) is 2.88. The van der Waals surface area contributed by atoms with Gasteiger partial charge in [0, 0.05) is 49.2 Å². The predicted molar refractivity (Wildman–Crippen MR) is 132 cm³/mol. The summed E-state index contributed by atoms with van der Waals surface area (Å²) in [6.45, 7) is 2.93. The molecule has 35 heavy (non-hydrogen) atoms. The molecule has 1 aliphatic carbocycles. The van der Waals surface area contributed by atoms with Crippen molar-refractivity contribution in [3.63, 3.8) is 0 Å². The van der Waals surface area contributed by atoms with E-state index < -0.39 is 6.10 Å². The number of hydrogen-bond donors (Lipinski definition) is 4. The summed E-state index contributed by atoms with van der Waals surface area (Å²) in [5, 5.41) is 34.3. The van der Waals surface area contributed by atoms with Gasteiger partial charge in [-0.3, -0.25) is 9.78 Å². The van der Waals surface area contributed by atoms with Crippen molar-refractivity contribution in [2.75, 3.05) is 18.4 Å². The number of nitrogens with zero attached hydrogens (tertiary/aromatic N) is 5. The maximum atomic E-state index is 12.2. The third-order valence-corrected chi connectivity index (χ3v) is 7.95. The number of fused-ring (bicyclic) bond motifs is 2. The van der Waals surface area contributed by atoms with Crippen LogP contribution in [0, 0.1) is 11.8 Å². The van der Waals surface area contributed by atoms with E-state index in [9.17, 15) is 15.0 Å². The van der Waals surface area contributed by atoms with Gasteiger partial charge >= 0.3 is 0 Å². The number of amides is 1. The third-order valence-electron chi connectivity index (χ3n) is 6.97. The molecule has 4 N–H and O–H groups in total. The van der Waals surface area contributed by atoms with E-state index in [1.807, 2.05) is 12.3 Å². The lowest BCUT2D eigenvalue weighted by molar-refractivity contribution is -0.138. The van der Waals surface area contributed by atoms with Crippen LogP contribution in [0.15, 0.2) is 36.8 Å². The lowest BCUT2D eigenvalue weighted by atomic mass is 10.0. The number of aliphatic hydroxyl groups is 1. The number of carbonyl (C=O) groups excluding carboxylic acids is 1. The minimum atomic E-state index is -0.948. The number of carbonyl (C=O) groups is 1. The SMILES string of the molecule is C[C@H](O)C(=O)N1C[C@H]2CC(Nc3c(-c4nnc(-c5cc(O)ccn5)s4)cnc4[nH]ccc34)C[C@H]2C1. The van der Waals surface area contributed by atoms with Gasteiger partial charge < -0.3 is 25.4 Å². The van der Waals surface area contributed by atoms with E-state index in [1.54, 1.807) is 23.4 Å². The molecule has 1 amide bonds. The van der Waals surface area contributed by atoms with Crippen LogP contribution < -0.4 is 5.32 Å². The van der Waals surface area contributed by atoms with Gasteiger partial charge in [0.1, 0.15) is 23.2 Å². The molecule has 1 saturated carbocycles. The highest BCUT2D eigenvalue weighted by Crippen LogP contribution is 2.42. The number of nitrogens with one attached hydrogen (secondary N) is 2. The Balaban J connectivity index is 1.27. The average molecular weight is 492 g/mol. The Hall–Kier alpha value is -3.57. The number of likely N-dealkylation sites (tertiary alicyclic amines) is 1. The molecule has 10 nitrogen and oxygen atoms in total. The molecule has 0 spiro atoms. The molecular weight excluding hydrogens is 466 g/mol. The van der Waals surface area contributed by atoms with Crippen LogP contribution in [0.3, 0.4) is 0 Å². The van der Waals surface area contributed by atoms with Crippen molar-refractivity contribution in [3.05, 3.63) is 36.8 Å². The number of H-pyrrole nitrogens is 1. The molecular formula is C24H25N7O3S. The van der Waals surface area contributed by atoms with Crippen LogP contribution in [-0.2, 0) is 4.79 Å². The van der Waals surface area contributed by atoms with E-state index >= 15 is 0 Å². The second-order valence-corrected chi connectivity index (χ2v) is 10.3. The minimum Gasteiger partial charge on any atom is -0.508 e. The van der Waals surface area contributed by atoms with Crippen LogP contribution in [0.5, 0.6) is 5.75 Å². The second-order valence-electron chi connectivity index (χ2n) is 9.35. The van der Waals surface area contributed by atoms with Gasteiger partial charge in [-0.2, -0.15) is 0 Å². The molecule has 1 aliphatic heterocycles. The summed E-state index contributed by atoms with van der Waals surface area (Å²) in [6, 6.07) is 5.35. The fourth-order valence-corrected chi connectivity index (χ4v) is 6.19. The van der Waals surface area contributed by atoms with Crippen molar-refractivity contribution in [1.82, 2.24) is 30.0 Å². The van der Waals surface area contributed by atoms with Crippen LogP contribution in [0.25, 0.3) is 32.3 Å². The van der Waals surface area contributed by atoms with E-state index in [0.29, 0.717) is 35.6 Å². The van der Waals surface area contributed by atoms with Gasteiger partial charge in [0.05, 0.1) is 11.3 Å². The topological polar surface area (TPSA) is 140 Å². The first-order valence-corrected chi connectivity index (χ1v) is 12.5. The molecule has 4 aromatic rings. The lowest BCUT2D eigenvalue weighted by Gasteiger charge is -2.22. The molecule has 2 fully saturated rings. The first-order valence-electron chi connectivity index (χ1n) is 11.6. The van der Waals surface area contributed by atoms with Crippen molar-refractivity contribution in [2.45, 2.75) is 31.9 Å². The van der Waals surface area contributed by atoms with Crippen LogP contribution in [0.4, 0.5) is 5.69 Å². The van der Waals surface area contributed by atoms with Crippen LogP contribution in [-0.4, -0.2) is 71.4 Å². The van der Waals surface area contributed by atoms with Gasteiger partial charge in [0.15, 0.2) is 10.0 Å². The first kappa shape index (κ1) is 21.9. The maximum Gasteiger partial charge on any atom is 0.251 e. The summed E-state index contributed by atoms with van der Waals surface area (Å²) in [7, 11) is 0. The van der Waals surface area contributed by atoms with Crippen molar-refractivity contribution < 1.29 is 15.0 Å². The molecule has 180 valence electrons. The number of aromatic amines is 1. The molecule has 11 heteroatoms. The number of aromatic nitrogens is 5. The zero-order chi connectivity index (χ0) is 24.1. The van der Waals surface area contributed by atoms with Crippen molar-refractivity contribution in [2.24, 2.45) is 11.8 Å².